The van der Waals surface area contributed by atoms with Gasteiger partial charge in [-0.05, 0) is 24.3 Å². The highest BCUT2D eigenvalue weighted by atomic mass is 19.1. The molecule has 2 rings (SSSR count). The predicted octanol–water partition coefficient (Wildman–Crippen LogP) is 1.96. The Kier molecular flexibility index (Phi) is 3.39. The van der Waals surface area contributed by atoms with E-state index in [-0.39, 0.29) is 18.6 Å². The zero-order valence-corrected chi connectivity index (χ0v) is 8.90. The van der Waals surface area contributed by atoms with Gasteiger partial charge in [0.25, 0.3) is 0 Å². The van der Waals surface area contributed by atoms with Crippen LogP contribution in [0.4, 0.5) is 8.78 Å². The van der Waals surface area contributed by atoms with Gasteiger partial charge in [-0.2, -0.15) is 0 Å². The monoisotopic (exact) mass is 236 g/mol. The molecule has 1 N–H and O–H groups in total. The van der Waals surface area contributed by atoms with Crippen molar-refractivity contribution < 1.29 is 13.9 Å². The number of aromatic nitrogens is 2. The molecule has 0 atom stereocenters. The van der Waals surface area contributed by atoms with Gasteiger partial charge in [-0.3, -0.25) is 0 Å². The molecule has 5 heteroatoms. The minimum absolute atomic E-state index is 0.0882. The number of rotatable bonds is 3. The molecule has 1 aromatic carbocycles. The lowest BCUT2D eigenvalue weighted by atomic mass is 10.1. The van der Waals surface area contributed by atoms with Crippen molar-refractivity contribution in [1.29, 1.82) is 0 Å². The maximum Gasteiger partial charge on any atom is 0.132 e. The summed E-state index contributed by atoms with van der Waals surface area (Å²) in [5, 5.41) is 8.77. The summed E-state index contributed by atoms with van der Waals surface area (Å²) in [5.41, 5.74) is 0.395. The van der Waals surface area contributed by atoms with Crippen LogP contribution in [0.15, 0.2) is 30.5 Å². The van der Waals surface area contributed by atoms with Gasteiger partial charge in [0.05, 0.1) is 12.3 Å². The van der Waals surface area contributed by atoms with Crippen molar-refractivity contribution in [2.45, 2.75) is 6.42 Å². The molecule has 0 unspecified atom stereocenters. The van der Waals surface area contributed by atoms with E-state index in [0.717, 1.165) is 18.2 Å². The third kappa shape index (κ3) is 2.62. The summed E-state index contributed by atoms with van der Waals surface area (Å²) >= 11 is 0. The molecule has 0 saturated carbocycles. The molecule has 0 aliphatic heterocycles. The van der Waals surface area contributed by atoms with Crippen molar-refractivity contribution in [1.82, 2.24) is 9.97 Å². The SMILES string of the molecule is OCCc1nccc(-c2cc(F)ccc2F)n1. The van der Waals surface area contributed by atoms with Gasteiger partial charge >= 0.3 is 0 Å². The molecule has 0 bridgehead atoms. The molecule has 1 aromatic heterocycles. The first-order chi connectivity index (χ1) is 8.20. The van der Waals surface area contributed by atoms with Crippen LogP contribution < -0.4 is 0 Å². The molecule has 0 fully saturated rings. The number of nitrogens with zero attached hydrogens (tertiary/aromatic N) is 2. The highest BCUT2D eigenvalue weighted by molar-refractivity contribution is 5.59. The zero-order chi connectivity index (χ0) is 12.3. The first kappa shape index (κ1) is 11.6. The second-order valence-corrected chi connectivity index (χ2v) is 3.46. The lowest BCUT2D eigenvalue weighted by molar-refractivity contribution is 0.296. The molecule has 2 aromatic rings. The molecule has 0 aliphatic rings. The highest BCUT2D eigenvalue weighted by Crippen LogP contribution is 2.21. The van der Waals surface area contributed by atoms with Crippen LogP contribution in [0.5, 0.6) is 0 Å². The van der Waals surface area contributed by atoms with Gasteiger partial charge in [0.1, 0.15) is 17.5 Å². The van der Waals surface area contributed by atoms with Crippen molar-refractivity contribution >= 4 is 0 Å². The zero-order valence-electron chi connectivity index (χ0n) is 8.90. The summed E-state index contributed by atoms with van der Waals surface area (Å²) in [6.07, 6.45) is 1.74. The number of aliphatic hydroxyl groups is 1. The van der Waals surface area contributed by atoms with E-state index in [4.69, 9.17) is 5.11 Å². The summed E-state index contributed by atoms with van der Waals surface area (Å²) in [7, 11) is 0. The average Bonchev–Trinajstić information content (AvgIpc) is 2.33. The molecule has 3 nitrogen and oxygen atoms in total. The molecular formula is C12H10F2N2O. The third-order valence-corrected chi connectivity index (χ3v) is 2.25. The Balaban J connectivity index is 2.45. The molecule has 0 radical (unpaired) electrons. The lowest BCUT2D eigenvalue weighted by Gasteiger charge is -2.04. The van der Waals surface area contributed by atoms with Crippen molar-refractivity contribution in [3.05, 3.63) is 47.9 Å². The van der Waals surface area contributed by atoms with Crippen LogP contribution in [-0.2, 0) is 6.42 Å². The van der Waals surface area contributed by atoms with Gasteiger partial charge < -0.3 is 5.11 Å². The van der Waals surface area contributed by atoms with E-state index in [1.165, 1.54) is 12.3 Å². The van der Waals surface area contributed by atoms with Crippen molar-refractivity contribution in [2.24, 2.45) is 0 Å². The van der Waals surface area contributed by atoms with E-state index in [2.05, 4.69) is 9.97 Å². The Morgan fingerprint density at radius 3 is 2.76 bits per heavy atom. The Hall–Kier alpha value is -1.88. The Bertz CT molecular complexity index is 532. The van der Waals surface area contributed by atoms with Crippen molar-refractivity contribution in [3.63, 3.8) is 0 Å². The maximum atomic E-state index is 13.5. The number of aliphatic hydroxyl groups excluding tert-OH is 1. The molecule has 0 saturated heterocycles. The van der Waals surface area contributed by atoms with Crippen LogP contribution in [-0.4, -0.2) is 21.7 Å². The van der Waals surface area contributed by atoms with Crippen LogP contribution in [0.25, 0.3) is 11.3 Å². The lowest BCUT2D eigenvalue weighted by Crippen LogP contribution is -2.00. The average molecular weight is 236 g/mol. The van der Waals surface area contributed by atoms with Crippen LogP contribution in [0.2, 0.25) is 0 Å². The van der Waals surface area contributed by atoms with Crippen LogP contribution >= 0.6 is 0 Å². The number of halogens is 2. The second kappa shape index (κ2) is 4.97. The summed E-state index contributed by atoms with van der Waals surface area (Å²) in [5.74, 6) is -0.669. The Morgan fingerprint density at radius 2 is 2.00 bits per heavy atom. The second-order valence-electron chi connectivity index (χ2n) is 3.46. The third-order valence-electron chi connectivity index (χ3n) is 2.25. The smallest absolute Gasteiger partial charge is 0.132 e. The van der Waals surface area contributed by atoms with Crippen LogP contribution in [0.3, 0.4) is 0 Å². The number of hydrogen-bond acceptors (Lipinski definition) is 3. The summed E-state index contributed by atoms with van der Waals surface area (Å²) < 4.78 is 26.5. The quantitative estimate of drug-likeness (QED) is 0.886. The topological polar surface area (TPSA) is 46.0 Å². The molecule has 1 heterocycles. The van der Waals surface area contributed by atoms with E-state index in [1.807, 2.05) is 0 Å². The standard InChI is InChI=1S/C12H10F2N2O/c13-8-1-2-10(14)9(7-8)11-3-5-15-12(16-11)4-6-17/h1-3,5,7,17H,4,6H2. The molecule has 88 valence electrons. The van der Waals surface area contributed by atoms with Gasteiger partial charge in [0, 0.05) is 18.2 Å². The Labute approximate surface area is 96.8 Å². The van der Waals surface area contributed by atoms with Crippen molar-refractivity contribution in [2.75, 3.05) is 6.61 Å². The summed E-state index contributed by atoms with van der Waals surface area (Å²) in [6, 6.07) is 4.69. The van der Waals surface area contributed by atoms with Gasteiger partial charge in [-0.25, -0.2) is 18.7 Å². The Morgan fingerprint density at radius 1 is 1.18 bits per heavy atom. The normalized spacial score (nSPS) is 10.5. The first-order valence-corrected chi connectivity index (χ1v) is 5.09. The van der Waals surface area contributed by atoms with E-state index >= 15 is 0 Å². The van der Waals surface area contributed by atoms with Gasteiger partial charge in [0.15, 0.2) is 0 Å². The highest BCUT2D eigenvalue weighted by Gasteiger charge is 2.08. The van der Waals surface area contributed by atoms with Gasteiger partial charge in [-0.15, -0.1) is 0 Å². The predicted molar refractivity (Wildman–Crippen MR) is 58.2 cm³/mol. The van der Waals surface area contributed by atoms with Crippen molar-refractivity contribution in [3.8, 4) is 11.3 Å². The number of hydrogen-bond donors (Lipinski definition) is 1. The number of benzene rings is 1. The maximum absolute atomic E-state index is 13.5. The van der Waals surface area contributed by atoms with Gasteiger partial charge in [0.2, 0.25) is 0 Å². The van der Waals surface area contributed by atoms with E-state index in [1.54, 1.807) is 0 Å². The molecule has 0 spiro atoms. The fraction of sp³-hybridized carbons (Fsp3) is 0.167. The van der Waals surface area contributed by atoms with E-state index in [0.29, 0.717) is 11.5 Å². The summed E-state index contributed by atoms with van der Waals surface area (Å²) in [6.45, 7) is -0.0882. The first-order valence-electron chi connectivity index (χ1n) is 5.09. The minimum Gasteiger partial charge on any atom is -0.396 e. The van der Waals surface area contributed by atoms with Crippen LogP contribution in [0, 0.1) is 11.6 Å². The fourth-order valence-corrected chi connectivity index (χ4v) is 1.46. The molecule has 0 amide bonds. The minimum atomic E-state index is -0.542. The molecule has 17 heavy (non-hydrogen) atoms. The van der Waals surface area contributed by atoms with E-state index in [9.17, 15) is 8.78 Å². The summed E-state index contributed by atoms with van der Waals surface area (Å²) in [4.78, 5) is 7.98. The largest absolute Gasteiger partial charge is 0.396 e. The molecule has 0 aliphatic carbocycles. The van der Waals surface area contributed by atoms with E-state index < -0.39 is 11.6 Å². The van der Waals surface area contributed by atoms with Crippen LogP contribution in [0.1, 0.15) is 5.82 Å². The fourth-order valence-electron chi connectivity index (χ4n) is 1.46. The molecular weight excluding hydrogens is 226 g/mol. The van der Waals surface area contributed by atoms with Gasteiger partial charge in [-0.1, -0.05) is 0 Å².